The lowest BCUT2D eigenvalue weighted by molar-refractivity contribution is -0.116. The van der Waals surface area contributed by atoms with E-state index in [2.05, 4.69) is 9.97 Å². The summed E-state index contributed by atoms with van der Waals surface area (Å²) in [5.41, 5.74) is 6.98. The average Bonchev–Trinajstić information content (AvgIpc) is 2.96. The number of ether oxygens (including phenoxy) is 2. The van der Waals surface area contributed by atoms with Gasteiger partial charge in [-0.05, 0) is 39.0 Å². The molecule has 2 N–H and O–H groups in total. The molecule has 2 aliphatic rings. The van der Waals surface area contributed by atoms with Gasteiger partial charge in [-0.3, -0.25) is 14.6 Å². The molecule has 0 fully saturated rings. The first-order valence-electron chi connectivity index (χ1n) is 8.94. The number of nitrogens with zero attached hydrogens (tertiary/aromatic N) is 4. The molecule has 0 bridgehead atoms. The van der Waals surface area contributed by atoms with Crippen molar-refractivity contribution in [1.29, 1.82) is 0 Å². The van der Waals surface area contributed by atoms with Gasteiger partial charge >= 0.3 is 6.09 Å². The Hall–Kier alpha value is -3.36. The molecule has 0 atom stereocenters. The van der Waals surface area contributed by atoms with Crippen molar-refractivity contribution in [2.75, 3.05) is 28.7 Å². The summed E-state index contributed by atoms with van der Waals surface area (Å²) in [5, 5.41) is 0. The zero-order chi connectivity index (χ0) is 20.1. The Bertz CT molecular complexity index is 969. The van der Waals surface area contributed by atoms with E-state index < -0.39 is 11.7 Å². The highest BCUT2D eigenvalue weighted by Gasteiger charge is 2.34. The molecule has 1 aromatic carbocycles. The number of rotatable bonds is 1. The third-order valence-electron chi connectivity index (χ3n) is 4.42. The zero-order valence-electron chi connectivity index (χ0n) is 15.9. The number of hydrogen-bond donors (Lipinski definition) is 1. The monoisotopic (exact) mass is 383 g/mol. The van der Waals surface area contributed by atoms with Crippen LogP contribution in [0.4, 0.5) is 27.8 Å². The van der Waals surface area contributed by atoms with Gasteiger partial charge in [-0.25, -0.2) is 14.8 Å². The first kappa shape index (κ1) is 18.0. The number of benzene rings is 1. The molecule has 1 aromatic heterocycles. The van der Waals surface area contributed by atoms with Crippen LogP contribution >= 0.6 is 0 Å². The van der Waals surface area contributed by atoms with Gasteiger partial charge in [-0.1, -0.05) is 0 Å². The fraction of sp³-hybridized carbons (Fsp3) is 0.368. The predicted molar refractivity (Wildman–Crippen MR) is 103 cm³/mol. The second-order valence-electron chi connectivity index (χ2n) is 7.60. The van der Waals surface area contributed by atoms with Crippen LogP contribution in [0.15, 0.2) is 24.5 Å². The lowest BCUT2D eigenvalue weighted by Gasteiger charge is -2.32. The van der Waals surface area contributed by atoms with Crippen LogP contribution in [0.3, 0.4) is 0 Å². The molecule has 9 nitrogen and oxygen atoms in total. The summed E-state index contributed by atoms with van der Waals surface area (Å²) < 4.78 is 11.2. The van der Waals surface area contributed by atoms with Gasteiger partial charge in [0.1, 0.15) is 35.9 Å². The van der Waals surface area contributed by atoms with Crippen molar-refractivity contribution in [1.82, 2.24) is 9.97 Å². The maximum absolute atomic E-state index is 12.6. The highest BCUT2D eigenvalue weighted by molar-refractivity contribution is 6.08. The molecule has 9 heteroatoms. The van der Waals surface area contributed by atoms with E-state index in [-0.39, 0.29) is 18.1 Å². The molecule has 0 unspecified atom stereocenters. The van der Waals surface area contributed by atoms with Crippen molar-refractivity contribution in [3.8, 4) is 5.75 Å². The maximum atomic E-state index is 12.6. The summed E-state index contributed by atoms with van der Waals surface area (Å²) >= 11 is 0. The Morgan fingerprint density at radius 3 is 2.82 bits per heavy atom. The molecule has 0 radical (unpaired) electrons. The van der Waals surface area contributed by atoms with Gasteiger partial charge in [-0.2, -0.15) is 0 Å². The number of nitrogens with two attached hydrogens (primary N) is 1. The normalized spacial score (nSPS) is 15.8. The fourth-order valence-electron chi connectivity index (χ4n) is 3.24. The van der Waals surface area contributed by atoms with Crippen molar-refractivity contribution in [3.63, 3.8) is 0 Å². The summed E-state index contributed by atoms with van der Waals surface area (Å²) in [6.45, 7) is 6.15. The first-order chi connectivity index (χ1) is 13.2. The molecular weight excluding hydrogens is 362 g/mol. The van der Waals surface area contributed by atoms with Crippen molar-refractivity contribution in [2.24, 2.45) is 0 Å². The van der Waals surface area contributed by atoms with Gasteiger partial charge in [0.2, 0.25) is 5.91 Å². The van der Waals surface area contributed by atoms with Crippen LogP contribution in [-0.4, -0.2) is 40.7 Å². The molecule has 0 aliphatic carbocycles. The molecule has 2 aromatic rings. The second kappa shape index (κ2) is 6.36. The minimum Gasteiger partial charge on any atom is -0.490 e. The third-order valence-corrected chi connectivity index (χ3v) is 4.42. The van der Waals surface area contributed by atoms with Gasteiger partial charge < -0.3 is 15.2 Å². The Morgan fingerprint density at radius 2 is 2.07 bits per heavy atom. The van der Waals surface area contributed by atoms with Crippen molar-refractivity contribution >= 4 is 35.0 Å². The zero-order valence-corrected chi connectivity index (χ0v) is 15.9. The van der Waals surface area contributed by atoms with E-state index in [0.29, 0.717) is 41.7 Å². The lowest BCUT2D eigenvalue weighted by atomic mass is 10.2. The SMILES string of the molecule is CC(C)(C)OC(=O)N1CCOc2ccc(N3C(=O)Cc4c(N)ncnc43)cc21. The smallest absolute Gasteiger partial charge is 0.415 e. The molecule has 0 saturated carbocycles. The van der Waals surface area contributed by atoms with Crippen LogP contribution in [0.2, 0.25) is 0 Å². The van der Waals surface area contributed by atoms with Gasteiger partial charge in [0.05, 0.1) is 24.3 Å². The Labute approximate surface area is 162 Å². The fourth-order valence-corrected chi connectivity index (χ4v) is 3.24. The summed E-state index contributed by atoms with van der Waals surface area (Å²) in [6.07, 6.45) is 0.994. The van der Waals surface area contributed by atoms with Gasteiger partial charge in [0, 0.05) is 5.56 Å². The first-order valence-corrected chi connectivity index (χ1v) is 8.94. The average molecular weight is 383 g/mol. The Morgan fingerprint density at radius 1 is 1.29 bits per heavy atom. The van der Waals surface area contributed by atoms with E-state index in [9.17, 15) is 9.59 Å². The topological polar surface area (TPSA) is 111 Å². The molecule has 3 heterocycles. The summed E-state index contributed by atoms with van der Waals surface area (Å²) in [4.78, 5) is 36.4. The molecule has 4 rings (SSSR count). The van der Waals surface area contributed by atoms with Crippen molar-refractivity contribution in [2.45, 2.75) is 32.8 Å². The van der Waals surface area contributed by atoms with Crippen LogP contribution in [0.5, 0.6) is 5.75 Å². The van der Waals surface area contributed by atoms with E-state index >= 15 is 0 Å². The molecule has 0 saturated heterocycles. The molecule has 2 amide bonds. The predicted octanol–water partition coefficient (Wildman–Crippen LogP) is 2.41. The summed E-state index contributed by atoms with van der Waals surface area (Å²) in [6, 6.07) is 5.21. The number of hydrogen-bond acceptors (Lipinski definition) is 7. The minimum absolute atomic E-state index is 0.130. The van der Waals surface area contributed by atoms with E-state index in [1.807, 2.05) is 20.8 Å². The van der Waals surface area contributed by atoms with Crippen LogP contribution in [0.25, 0.3) is 0 Å². The number of amides is 2. The number of fused-ring (bicyclic) bond motifs is 2. The number of aromatic nitrogens is 2. The summed E-state index contributed by atoms with van der Waals surface area (Å²) in [7, 11) is 0. The lowest BCUT2D eigenvalue weighted by Crippen LogP contribution is -2.41. The number of carbonyl (C=O) groups excluding carboxylic acids is 2. The second-order valence-corrected chi connectivity index (χ2v) is 7.60. The van der Waals surface area contributed by atoms with Crippen LogP contribution in [0.1, 0.15) is 26.3 Å². The number of carbonyl (C=O) groups is 2. The Kier molecular flexibility index (Phi) is 4.10. The van der Waals surface area contributed by atoms with E-state index in [1.165, 1.54) is 16.1 Å². The standard InChI is InChI=1S/C19H21N5O4/c1-19(2,3)28-18(26)23-6-7-27-14-5-4-11(8-13(14)23)24-15(25)9-12-16(20)21-10-22-17(12)24/h4-5,8,10H,6-7,9H2,1-3H3,(H2,20,21,22). The Balaban J connectivity index is 1.73. The quantitative estimate of drug-likeness (QED) is 0.805. The molecule has 28 heavy (non-hydrogen) atoms. The van der Waals surface area contributed by atoms with Crippen molar-refractivity contribution < 1.29 is 19.1 Å². The van der Waals surface area contributed by atoms with Crippen LogP contribution < -0.4 is 20.3 Å². The summed E-state index contributed by atoms with van der Waals surface area (Å²) in [5.74, 6) is 1.13. The highest BCUT2D eigenvalue weighted by atomic mass is 16.6. The minimum atomic E-state index is -0.620. The van der Waals surface area contributed by atoms with Crippen LogP contribution in [-0.2, 0) is 16.0 Å². The van der Waals surface area contributed by atoms with Gasteiger partial charge in [0.15, 0.2) is 0 Å². The van der Waals surface area contributed by atoms with E-state index in [4.69, 9.17) is 15.2 Å². The molecule has 146 valence electrons. The van der Waals surface area contributed by atoms with Gasteiger partial charge in [-0.15, -0.1) is 0 Å². The van der Waals surface area contributed by atoms with Crippen LogP contribution in [0, 0.1) is 0 Å². The number of anilines is 4. The molecule has 0 spiro atoms. The van der Waals surface area contributed by atoms with E-state index in [0.717, 1.165) is 0 Å². The molecular formula is C19H21N5O4. The largest absolute Gasteiger partial charge is 0.490 e. The maximum Gasteiger partial charge on any atom is 0.415 e. The van der Waals surface area contributed by atoms with Crippen molar-refractivity contribution in [3.05, 3.63) is 30.1 Å². The third kappa shape index (κ3) is 3.08. The van der Waals surface area contributed by atoms with Gasteiger partial charge in [0.25, 0.3) is 0 Å². The number of nitrogen functional groups attached to an aromatic ring is 1. The highest BCUT2D eigenvalue weighted by Crippen LogP contribution is 2.41. The van der Waals surface area contributed by atoms with E-state index in [1.54, 1.807) is 18.2 Å². The molecule has 2 aliphatic heterocycles.